The van der Waals surface area contributed by atoms with Crippen LogP contribution >= 0.6 is 11.6 Å². The van der Waals surface area contributed by atoms with Crippen LogP contribution in [0.15, 0.2) is 0 Å². The summed E-state index contributed by atoms with van der Waals surface area (Å²) in [6, 6.07) is -1.03. The van der Waals surface area contributed by atoms with Gasteiger partial charge in [0, 0.05) is 45.8 Å². The number of carbonyl (C=O) groups excluding carboxylic acids is 1. The van der Waals surface area contributed by atoms with Crippen LogP contribution in [-0.4, -0.2) is 120 Å². The predicted octanol–water partition coefficient (Wildman–Crippen LogP) is 1.69. The Bertz CT molecular complexity index is 1030. The van der Waals surface area contributed by atoms with E-state index in [1.165, 1.54) is 14.9 Å². The molecule has 3 saturated carbocycles. The lowest BCUT2D eigenvalue weighted by atomic mass is 9.91. The maximum absolute atomic E-state index is 14.2. The SMILES string of the molecule is COC1CCC(S(=O)(=O)N(CC(=O)NC2CCCC(N(C)S(C)(=O)=O)C2)C2CC(Cl)CCC2OC)CC1OC. The van der Waals surface area contributed by atoms with Gasteiger partial charge in [0.2, 0.25) is 26.0 Å². The number of nitrogens with zero attached hydrogens (tertiary/aromatic N) is 2. The van der Waals surface area contributed by atoms with E-state index >= 15 is 0 Å². The average molecular weight is 616 g/mol. The lowest BCUT2D eigenvalue weighted by Gasteiger charge is -2.43. The van der Waals surface area contributed by atoms with Crippen molar-refractivity contribution < 1.29 is 35.8 Å². The number of hydrogen-bond acceptors (Lipinski definition) is 8. The van der Waals surface area contributed by atoms with Gasteiger partial charge < -0.3 is 19.5 Å². The van der Waals surface area contributed by atoms with Crippen molar-refractivity contribution >= 4 is 37.6 Å². The molecule has 3 rings (SSSR count). The van der Waals surface area contributed by atoms with Crippen molar-refractivity contribution in [2.24, 2.45) is 0 Å². The molecule has 11 nitrogen and oxygen atoms in total. The van der Waals surface area contributed by atoms with E-state index in [9.17, 15) is 21.6 Å². The van der Waals surface area contributed by atoms with Crippen LogP contribution in [0.4, 0.5) is 0 Å². The van der Waals surface area contributed by atoms with Crippen LogP contribution in [0.3, 0.4) is 0 Å². The molecule has 0 radical (unpaired) electrons. The van der Waals surface area contributed by atoms with Crippen LogP contribution in [0.5, 0.6) is 0 Å². The molecule has 3 fully saturated rings. The topological polar surface area (TPSA) is 132 Å². The van der Waals surface area contributed by atoms with E-state index in [-0.39, 0.29) is 48.7 Å². The average Bonchev–Trinajstić information content (AvgIpc) is 2.90. The van der Waals surface area contributed by atoms with Crippen molar-refractivity contribution in [2.75, 3.05) is 41.2 Å². The van der Waals surface area contributed by atoms with Gasteiger partial charge in [0.1, 0.15) is 0 Å². The Kier molecular flexibility index (Phi) is 11.9. The molecule has 0 aromatic rings. The van der Waals surface area contributed by atoms with Crippen LogP contribution in [0.25, 0.3) is 0 Å². The number of hydrogen-bond donors (Lipinski definition) is 1. The molecule has 0 bridgehead atoms. The molecule has 3 aliphatic rings. The number of amides is 1. The molecular formula is C25H46ClN3O8S2. The van der Waals surface area contributed by atoms with Crippen molar-refractivity contribution in [3.05, 3.63) is 0 Å². The highest BCUT2D eigenvalue weighted by Gasteiger charge is 2.46. The van der Waals surface area contributed by atoms with E-state index < -0.39 is 37.2 Å². The highest BCUT2D eigenvalue weighted by atomic mass is 35.5. The number of carbonyl (C=O) groups is 1. The smallest absolute Gasteiger partial charge is 0.235 e. The molecule has 1 amide bonds. The fraction of sp³-hybridized carbons (Fsp3) is 0.960. The number of nitrogens with one attached hydrogen (secondary N) is 1. The summed E-state index contributed by atoms with van der Waals surface area (Å²) < 4.78 is 71.8. The summed E-state index contributed by atoms with van der Waals surface area (Å²) in [5, 5.41) is 2.05. The zero-order valence-electron chi connectivity index (χ0n) is 23.8. The fourth-order valence-electron chi connectivity index (χ4n) is 6.40. The van der Waals surface area contributed by atoms with Gasteiger partial charge in [-0.2, -0.15) is 4.31 Å². The normalized spacial score (nSPS) is 34.8. The first-order valence-electron chi connectivity index (χ1n) is 13.8. The second-order valence-electron chi connectivity index (χ2n) is 11.2. The number of sulfonamides is 2. The third-order valence-electron chi connectivity index (χ3n) is 8.75. The van der Waals surface area contributed by atoms with Gasteiger partial charge in [0.15, 0.2) is 0 Å². The van der Waals surface area contributed by atoms with Crippen LogP contribution in [-0.2, 0) is 39.1 Å². The maximum atomic E-state index is 14.2. The monoisotopic (exact) mass is 615 g/mol. The Balaban J connectivity index is 1.81. The second-order valence-corrected chi connectivity index (χ2v) is 16.0. The van der Waals surface area contributed by atoms with E-state index in [0.29, 0.717) is 44.9 Å². The van der Waals surface area contributed by atoms with E-state index in [0.717, 1.165) is 12.8 Å². The third kappa shape index (κ3) is 8.27. The predicted molar refractivity (Wildman–Crippen MR) is 150 cm³/mol. The Labute approximate surface area is 239 Å². The molecule has 39 heavy (non-hydrogen) atoms. The third-order valence-corrected chi connectivity index (χ3v) is 12.8. The minimum absolute atomic E-state index is 0.184. The molecule has 0 aromatic carbocycles. The molecular weight excluding hydrogens is 570 g/mol. The van der Waals surface area contributed by atoms with Gasteiger partial charge in [-0.05, 0) is 64.2 Å². The van der Waals surface area contributed by atoms with E-state index in [1.54, 1.807) is 28.4 Å². The summed E-state index contributed by atoms with van der Waals surface area (Å²) >= 11 is 6.50. The number of methoxy groups -OCH3 is 3. The Morgan fingerprint density at radius 2 is 1.51 bits per heavy atom. The fourth-order valence-corrected chi connectivity index (χ4v) is 9.59. The van der Waals surface area contributed by atoms with Gasteiger partial charge in [-0.1, -0.05) is 0 Å². The van der Waals surface area contributed by atoms with Crippen molar-refractivity contribution in [2.45, 2.75) is 111 Å². The number of alkyl halides is 1. The largest absolute Gasteiger partial charge is 0.380 e. The zero-order valence-corrected chi connectivity index (χ0v) is 26.1. The quantitative estimate of drug-likeness (QED) is 0.348. The highest BCUT2D eigenvalue weighted by Crippen LogP contribution is 2.35. The Morgan fingerprint density at radius 3 is 2.13 bits per heavy atom. The molecule has 8 unspecified atom stereocenters. The first-order chi connectivity index (χ1) is 18.3. The Morgan fingerprint density at radius 1 is 0.872 bits per heavy atom. The lowest BCUT2D eigenvalue weighted by Crippen LogP contribution is -2.58. The number of rotatable bonds is 11. The van der Waals surface area contributed by atoms with Crippen LogP contribution in [0.2, 0.25) is 0 Å². The molecule has 0 spiro atoms. The lowest BCUT2D eigenvalue weighted by molar-refractivity contribution is -0.123. The number of halogens is 1. The van der Waals surface area contributed by atoms with Crippen LogP contribution in [0, 0.1) is 0 Å². The van der Waals surface area contributed by atoms with E-state index in [4.69, 9.17) is 25.8 Å². The molecule has 14 heteroatoms. The van der Waals surface area contributed by atoms with E-state index in [1.807, 2.05) is 0 Å². The molecule has 8 atom stereocenters. The summed E-state index contributed by atoms with van der Waals surface area (Å²) in [6.07, 6.45) is 5.81. The van der Waals surface area contributed by atoms with Gasteiger partial charge in [-0.15, -0.1) is 11.6 Å². The number of ether oxygens (including phenoxy) is 3. The minimum Gasteiger partial charge on any atom is -0.380 e. The van der Waals surface area contributed by atoms with Crippen molar-refractivity contribution in [3.8, 4) is 0 Å². The van der Waals surface area contributed by atoms with Gasteiger partial charge in [0.05, 0.1) is 42.4 Å². The van der Waals surface area contributed by atoms with Gasteiger partial charge in [0.25, 0.3) is 0 Å². The summed E-state index contributed by atoms with van der Waals surface area (Å²) in [5.74, 6) is -0.411. The van der Waals surface area contributed by atoms with E-state index in [2.05, 4.69) is 5.32 Å². The maximum Gasteiger partial charge on any atom is 0.235 e. The van der Waals surface area contributed by atoms with Gasteiger partial charge in [-0.3, -0.25) is 4.79 Å². The molecule has 1 N–H and O–H groups in total. The summed E-state index contributed by atoms with van der Waals surface area (Å²) in [7, 11) is -1.03. The minimum atomic E-state index is -3.93. The summed E-state index contributed by atoms with van der Waals surface area (Å²) in [5.41, 5.74) is 0. The Hall–Kier alpha value is -0.540. The van der Waals surface area contributed by atoms with Crippen molar-refractivity contribution in [1.29, 1.82) is 0 Å². The molecule has 3 aliphatic carbocycles. The van der Waals surface area contributed by atoms with Gasteiger partial charge >= 0.3 is 0 Å². The highest BCUT2D eigenvalue weighted by molar-refractivity contribution is 7.89. The van der Waals surface area contributed by atoms with Crippen LogP contribution < -0.4 is 5.32 Å². The van der Waals surface area contributed by atoms with Crippen molar-refractivity contribution in [3.63, 3.8) is 0 Å². The molecule has 0 aliphatic heterocycles. The van der Waals surface area contributed by atoms with Crippen molar-refractivity contribution in [1.82, 2.24) is 13.9 Å². The molecule has 0 saturated heterocycles. The van der Waals surface area contributed by atoms with Crippen LogP contribution in [0.1, 0.15) is 64.2 Å². The van der Waals surface area contributed by atoms with Gasteiger partial charge in [-0.25, -0.2) is 21.1 Å². The standard InChI is InChI=1S/C25H46ClN3O8S2/c1-28(38(5,31)32)19-8-6-7-18(14-19)27-25(30)16-29(21-13-17(26)9-11-22(21)35-2)39(33,34)20-10-12-23(36-3)24(15-20)37-4/h17-24H,6-16H2,1-5H3,(H,27,30). The second kappa shape index (κ2) is 14.1. The zero-order chi connectivity index (χ0) is 29.0. The first kappa shape index (κ1) is 33.0. The molecule has 228 valence electrons. The summed E-state index contributed by atoms with van der Waals surface area (Å²) in [6.45, 7) is -0.346. The first-order valence-corrected chi connectivity index (χ1v) is 17.6. The molecule has 0 aromatic heterocycles. The molecule has 0 heterocycles. The summed E-state index contributed by atoms with van der Waals surface area (Å²) in [4.78, 5) is 13.4.